The van der Waals surface area contributed by atoms with Gasteiger partial charge in [0.05, 0.1) is 6.61 Å². The van der Waals surface area contributed by atoms with E-state index in [1.54, 1.807) is 6.07 Å². The zero-order valence-electron chi connectivity index (χ0n) is 10.1. The molecule has 1 fully saturated rings. The Morgan fingerprint density at radius 1 is 1.29 bits per heavy atom. The quantitative estimate of drug-likeness (QED) is 0.853. The fraction of sp³-hybridized carbons (Fsp3) is 0.571. The summed E-state index contributed by atoms with van der Waals surface area (Å²) in [5.74, 6) is 0.801. The first kappa shape index (κ1) is 12.4. The van der Waals surface area contributed by atoms with E-state index in [1.165, 1.54) is 31.7 Å². The van der Waals surface area contributed by atoms with Crippen molar-refractivity contribution in [3.05, 3.63) is 29.6 Å². The minimum Gasteiger partial charge on any atom is -0.490 e. The predicted molar refractivity (Wildman–Crippen MR) is 66.4 cm³/mol. The van der Waals surface area contributed by atoms with Crippen LogP contribution in [0.1, 0.15) is 37.7 Å². The Hall–Kier alpha value is -1.09. The second kappa shape index (κ2) is 6.01. The van der Waals surface area contributed by atoms with Crippen LogP contribution in [-0.2, 0) is 6.54 Å². The number of para-hydroxylation sites is 1. The van der Waals surface area contributed by atoms with Crippen LogP contribution >= 0.6 is 0 Å². The highest BCUT2D eigenvalue weighted by Crippen LogP contribution is 2.28. The number of benzene rings is 1. The number of hydrogen-bond acceptors (Lipinski definition) is 2. The van der Waals surface area contributed by atoms with Gasteiger partial charge in [-0.05, 0) is 18.4 Å². The summed E-state index contributed by atoms with van der Waals surface area (Å²) in [6, 6.07) is 4.90. The molecule has 1 aliphatic carbocycles. The van der Waals surface area contributed by atoms with Gasteiger partial charge in [0.2, 0.25) is 0 Å². The molecule has 2 N–H and O–H groups in total. The Morgan fingerprint density at radius 2 is 2.06 bits per heavy atom. The summed E-state index contributed by atoms with van der Waals surface area (Å²) in [6.07, 6.45) is 6.28. The maximum Gasteiger partial charge on any atom is 0.165 e. The fourth-order valence-corrected chi connectivity index (χ4v) is 2.50. The summed E-state index contributed by atoms with van der Waals surface area (Å²) in [5, 5.41) is 0. The highest BCUT2D eigenvalue weighted by molar-refractivity contribution is 5.34. The van der Waals surface area contributed by atoms with E-state index in [1.807, 2.05) is 6.07 Å². The van der Waals surface area contributed by atoms with Gasteiger partial charge in [-0.1, -0.05) is 37.8 Å². The SMILES string of the molecule is NCc1cccc(F)c1OCCC1CCCC1. The summed E-state index contributed by atoms with van der Waals surface area (Å²) in [5.41, 5.74) is 6.31. The number of hydrogen-bond donors (Lipinski definition) is 1. The standard InChI is InChI=1S/C14H20FNO/c15-13-7-3-6-12(10-16)14(13)17-9-8-11-4-1-2-5-11/h3,6-7,11H,1-2,4-5,8-10,16H2. The summed E-state index contributed by atoms with van der Waals surface area (Å²) >= 11 is 0. The number of halogens is 1. The molecule has 1 aliphatic rings. The zero-order chi connectivity index (χ0) is 12.1. The van der Waals surface area contributed by atoms with Crippen molar-refractivity contribution in [2.24, 2.45) is 11.7 Å². The van der Waals surface area contributed by atoms with E-state index in [0.29, 0.717) is 18.9 Å². The Balaban J connectivity index is 1.89. The van der Waals surface area contributed by atoms with E-state index in [9.17, 15) is 4.39 Å². The third-order valence-electron chi connectivity index (χ3n) is 3.52. The molecule has 1 aromatic carbocycles. The lowest BCUT2D eigenvalue weighted by Crippen LogP contribution is -2.08. The molecule has 0 aliphatic heterocycles. The summed E-state index contributed by atoms with van der Waals surface area (Å²) in [6.45, 7) is 0.912. The molecule has 2 rings (SSSR count). The number of rotatable bonds is 5. The molecule has 3 heteroatoms. The van der Waals surface area contributed by atoms with Crippen LogP contribution in [0.2, 0.25) is 0 Å². The Bertz CT molecular complexity index is 361. The minimum atomic E-state index is -0.306. The first-order chi connectivity index (χ1) is 8.31. The van der Waals surface area contributed by atoms with Gasteiger partial charge in [-0.15, -0.1) is 0 Å². The molecule has 0 heterocycles. The zero-order valence-corrected chi connectivity index (χ0v) is 10.1. The van der Waals surface area contributed by atoms with Crippen LogP contribution in [0.3, 0.4) is 0 Å². The summed E-state index contributed by atoms with van der Waals surface area (Å²) in [4.78, 5) is 0. The van der Waals surface area contributed by atoms with Gasteiger partial charge in [0.1, 0.15) is 0 Å². The van der Waals surface area contributed by atoms with Gasteiger partial charge in [-0.25, -0.2) is 4.39 Å². The van der Waals surface area contributed by atoms with Crippen molar-refractivity contribution in [3.63, 3.8) is 0 Å². The van der Waals surface area contributed by atoms with E-state index < -0.39 is 0 Å². The van der Waals surface area contributed by atoms with E-state index in [2.05, 4.69) is 0 Å². The maximum atomic E-state index is 13.6. The van der Waals surface area contributed by atoms with Crippen molar-refractivity contribution in [1.29, 1.82) is 0 Å². The monoisotopic (exact) mass is 237 g/mol. The molecule has 0 atom stereocenters. The maximum absolute atomic E-state index is 13.6. The van der Waals surface area contributed by atoms with Crippen LogP contribution in [-0.4, -0.2) is 6.61 Å². The van der Waals surface area contributed by atoms with Crippen LogP contribution in [0.15, 0.2) is 18.2 Å². The van der Waals surface area contributed by atoms with Crippen LogP contribution in [0.25, 0.3) is 0 Å². The van der Waals surface area contributed by atoms with Crippen molar-refractivity contribution in [3.8, 4) is 5.75 Å². The van der Waals surface area contributed by atoms with Crippen molar-refractivity contribution < 1.29 is 9.13 Å². The average molecular weight is 237 g/mol. The first-order valence-electron chi connectivity index (χ1n) is 6.41. The van der Waals surface area contributed by atoms with Crippen LogP contribution in [0.4, 0.5) is 4.39 Å². The topological polar surface area (TPSA) is 35.2 Å². The molecule has 0 saturated heterocycles. The van der Waals surface area contributed by atoms with Gasteiger partial charge >= 0.3 is 0 Å². The third-order valence-corrected chi connectivity index (χ3v) is 3.52. The number of nitrogens with two attached hydrogens (primary N) is 1. The van der Waals surface area contributed by atoms with Crippen LogP contribution in [0.5, 0.6) is 5.75 Å². The van der Waals surface area contributed by atoms with Gasteiger partial charge < -0.3 is 10.5 Å². The predicted octanol–water partition coefficient (Wildman–Crippen LogP) is 3.24. The second-order valence-corrected chi connectivity index (χ2v) is 4.72. The van der Waals surface area contributed by atoms with E-state index in [4.69, 9.17) is 10.5 Å². The lowest BCUT2D eigenvalue weighted by molar-refractivity contribution is 0.265. The molecule has 0 aromatic heterocycles. The molecule has 0 bridgehead atoms. The van der Waals surface area contributed by atoms with Gasteiger partial charge in [-0.3, -0.25) is 0 Å². The molecule has 94 valence electrons. The molecule has 1 saturated carbocycles. The molecule has 0 unspecified atom stereocenters. The van der Waals surface area contributed by atoms with Gasteiger partial charge in [0, 0.05) is 12.1 Å². The lowest BCUT2D eigenvalue weighted by atomic mass is 10.1. The summed E-state index contributed by atoms with van der Waals surface area (Å²) < 4.78 is 19.1. The largest absolute Gasteiger partial charge is 0.490 e. The van der Waals surface area contributed by atoms with Gasteiger partial charge in [0.15, 0.2) is 11.6 Å². The Labute approximate surface area is 102 Å². The van der Waals surface area contributed by atoms with Crippen molar-refractivity contribution in [1.82, 2.24) is 0 Å². The normalized spacial score (nSPS) is 16.4. The van der Waals surface area contributed by atoms with Crippen LogP contribution in [0, 0.1) is 11.7 Å². The number of ether oxygens (including phenoxy) is 1. The molecule has 0 amide bonds. The third kappa shape index (κ3) is 3.19. The Morgan fingerprint density at radius 3 is 2.76 bits per heavy atom. The molecule has 0 spiro atoms. The second-order valence-electron chi connectivity index (χ2n) is 4.72. The molecular formula is C14H20FNO. The molecule has 17 heavy (non-hydrogen) atoms. The van der Waals surface area contributed by atoms with Crippen molar-refractivity contribution in [2.75, 3.05) is 6.61 Å². The Kier molecular flexibility index (Phi) is 4.37. The molecule has 2 nitrogen and oxygen atoms in total. The summed E-state index contributed by atoms with van der Waals surface area (Å²) in [7, 11) is 0. The minimum absolute atomic E-state index is 0.306. The van der Waals surface area contributed by atoms with Gasteiger partial charge in [-0.2, -0.15) is 0 Å². The average Bonchev–Trinajstić information content (AvgIpc) is 2.84. The van der Waals surface area contributed by atoms with Crippen molar-refractivity contribution in [2.45, 2.75) is 38.6 Å². The molecule has 0 radical (unpaired) electrons. The highest BCUT2D eigenvalue weighted by atomic mass is 19.1. The van der Waals surface area contributed by atoms with E-state index >= 15 is 0 Å². The lowest BCUT2D eigenvalue weighted by Gasteiger charge is -2.13. The first-order valence-corrected chi connectivity index (χ1v) is 6.41. The van der Waals surface area contributed by atoms with Gasteiger partial charge in [0.25, 0.3) is 0 Å². The molecular weight excluding hydrogens is 217 g/mol. The fourth-order valence-electron chi connectivity index (χ4n) is 2.50. The smallest absolute Gasteiger partial charge is 0.165 e. The van der Waals surface area contributed by atoms with Crippen LogP contribution < -0.4 is 10.5 Å². The van der Waals surface area contributed by atoms with E-state index in [-0.39, 0.29) is 5.82 Å². The molecule has 1 aromatic rings. The highest BCUT2D eigenvalue weighted by Gasteiger charge is 2.15. The van der Waals surface area contributed by atoms with E-state index in [0.717, 1.165) is 17.9 Å². The van der Waals surface area contributed by atoms with Crippen molar-refractivity contribution >= 4 is 0 Å².